The molecular formula is C5H5Cl2NOS. The van der Waals surface area contributed by atoms with E-state index in [2.05, 4.69) is 4.98 Å². The lowest BCUT2D eigenvalue weighted by Gasteiger charge is -1.96. The Hall–Kier alpha value is 0.170. The summed E-state index contributed by atoms with van der Waals surface area (Å²) >= 11 is 12.3. The van der Waals surface area contributed by atoms with Crippen LogP contribution >= 0.6 is 34.5 Å². The molecule has 0 radical (unpaired) electrons. The van der Waals surface area contributed by atoms with E-state index in [1.807, 2.05) is 0 Å². The van der Waals surface area contributed by atoms with Crippen molar-refractivity contribution >= 4 is 34.5 Å². The molecule has 10 heavy (non-hydrogen) atoms. The Kier molecular flexibility index (Phi) is 2.52. The van der Waals surface area contributed by atoms with Crippen LogP contribution in [-0.4, -0.2) is 10.1 Å². The first-order valence-electron chi connectivity index (χ1n) is 2.61. The number of hydrogen-bond donors (Lipinski definition) is 1. The molecule has 0 aliphatic heterocycles. The zero-order valence-electron chi connectivity index (χ0n) is 5.14. The van der Waals surface area contributed by atoms with Gasteiger partial charge in [-0.15, -0.1) is 0 Å². The van der Waals surface area contributed by atoms with E-state index in [4.69, 9.17) is 28.3 Å². The molecule has 1 N–H and O–H groups in total. The van der Waals surface area contributed by atoms with Gasteiger partial charge in [0.25, 0.3) is 0 Å². The van der Waals surface area contributed by atoms with Crippen LogP contribution in [0.15, 0.2) is 0 Å². The van der Waals surface area contributed by atoms with Gasteiger partial charge in [0.1, 0.15) is 10.0 Å². The zero-order valence-corrected chi connectivity index (χ0v) is 7.46. The summed E-state index contributed by atoms with van der Waals surface area (Å²) in [7, 11) is 0. The molecule has 0 aliphatic carbocycles. The van der Waals surface area contributed by atoms with E-state index in [9.17, 15) is 0 Å². The molecule has 2 nitrogen and oxygen atoms in total. The predicted octanol–water partition coefficient (Wildman–Crippen LogP) is 2.50. The lowest BCUT2D eigenvalue weighted by molar-refractivity contribution is 0.195. The van der Waals surface area contributed by atoms with Crippen molar-refractivity contribution in [2.75, 3.05) is 0 Å². The summed E-state index contributed by atoms with van der Waals surface area (Å²) in [4.78, 5) is 3.81. The van der Waals surface area contributed by atoms with Gasteiger partial charge in [-0.1, -0.05) is 34.5 Å². The highest BCUT2D eigenvalue weighted by Crippen LogP contribution is 2.30. The number of halogens is 2. The number of aliphatic hydroxyl groups excluding tert-OH is 1. The summed E-state index contributed by atoms with van der Waals surface area (Å²) in [6.07, 6.45) is -0.642. The topological polar surface area (TPSA) is 33.1 Å². The van der Waals surface area contributed by atoms with E-state index in [0.29, 0.717) is 14.5 Å². The van der Waals surface area contributed by atoms with Crippen LogP contribution < -0.4 is 0 Å². The second-order valence-electron chi connectivity index (χ2n) is 1.80. The lowest BCUT2D eigenvalue weighted by Crippen LogP contribution is -1.90. The van der Waals surface area contributed by atoms with E-state index in [1.165, 1.54) is 0 Å². The first kappa shape index (κ1) is 8.27. The van der Waals surface area contributed by atoms with Crippen molar-refractivity contribution in [3.05, 3.63) is 14.5 Å². The van der Waals surface area contributed by atoms with Crippen LogP contribution in [0.5, 0.6) is 0 Å². The number of rotatable bonds is 1. The van der Waals surface area contributed by atoms with Crippen LogP contribution in [0.4, 0.5) is 0 Å². The first-order valence-corrected chi connectivity index (χ1v) is 4.18. The van der Waals surface area contributed by atoms with E-state index in [0.717, 1.165) is 11.3 Å². The third kappa shape index (κ3) is 1.61. The zero-order chi connectivity index (χ0) is 7.72. The molecule has 0 spiro atoms. The summed E-state index contributed by atoms with van der Waals surface area (Å²) in [5.41, 5.74) is 0.455. The van der Waals surface area contributed by atoms with Crippen molar-refractivity contribution in [2.45, 2.75) is 13.0 Å². The molecule has 0 amide bonds. The number of aromatic nitrogens is 1. The third-order valence-corrected chi connectivity index (χ3v) is 2.37. The maximum absolute atomic E-state index is 9.02. The second-order valence-corrected chi connectivity index (χ2v) is 3.99. The molecule has 0 bridgehead atoms. The maximum atomic E-state index is 9.02. The molecule has 1 heterocycles. The van der Waals surface area contributed by atoms with Gasteiger partial charge >= 0.3 is 0 Å². The van der Waals surface area contributed by atoms with E-state index < -0.39 is 6.10 Å². The molecule has 1 rings (SSSR count). The number of thiazole rings is 1. The monoisotopic (exact) mass is 197 g/mol. The van der Waals surface area contributed by atoms with Gasteiger partial charge in [-0.2, -0.15) is 0 Å². The largest absolute Gasteiger partial charge is 0.387 e. The molecule has 1 atom stereocenters. The number of aliphatic hydroxyl groups is 1. The van der Waals surface area contributed by atoms with Crippen molar-refractivity contribution in [3.63, 3.8) is 0 Å². The second kappa shape index (κ2) is 3.05. The summed E-state index contributed by atoms with van der Waals surface area (Å²) in [6.45, 7) is 1.59. The highest BCUT2D eigenvalue weighted by atomic mass is 35.5. The van der Waals surface area contributed by atoms with Crippen molar-refractivity contribution in [1.29, 1.82) is 0 Å². The Morgan fingerprint density at radius 1 is 1.60 bits per heavy atom. The van der Waals surface area contributed by atoms with Crippen LogP contribution in [0.25, 0.3) is 0 Å². The molecule has 0 fully saturated rings. The van der Waals surface area contributed by atoms with E-state index in [-0.39, 0.29) is 0 Å². The van der Waals surface area contributed by atoms with Crippen molar-refractivity contribution < 1.29 is 5.11 Å². The molecule has 56 valence electrons. The highest BCUT2D eigenvalue weighted by Gasteiger charge is 2.11. The Morgan fingerprint density at radius 3 is 2.40 bits per heavy atom. The standard InChI is InChI=1S/C5H5Cl2NOS/c1-2(9)3-4(6)10-5(7)8-3/h2,9H,1H3/t2-/m1/s1. The van der Waals surface area contributed by atoms with Gasteiger partial charge in [-0.25, -0.2) is 4.98 Å². The van der Waals surface area contributed by atoms with Crippen LogP contribution in [0.3, 0.4) is 0 Å². The Morgan fingerprint density at radius 2 is 2.20 bits per heavy atom. The summed E-state index contributed by atoms with van der Waals surface area (Å²) < 4.78 is 0.820. The van der Waals surface area contributed by atoms with Crippen molar-refractivity contribution in [2.24, 2.45) is 0 Å². The molecular weight excluding hydrogens is 193 g/mol. The minimum absolute atomic E-state index is 0.362. The van der Waals surface area contributed by atoms with Crippen LogP contribution in [-0.2, 0) is 0 Å². The summed E-state index contributed by atoms with van der Waals surface area (Å²) in [6, 6.07) is 0. The molecule has 0 saturated carbocycles. The minimum Gasteiger partial charge on any atom is -0.387 e. The van der Waals surface area contributed by atoms with Gasteiger partial charge in [-0.3, -0.25) is 0 Å². The van der Waals surface area contributed by atoms with Gasteiger partial charge in [0.05, 0.1) is 6.10 Å². The van der Waals surface area contributed by atoms with Gasteiger partial charge < -0.3 is 5.11 Å². The Balaban J connectivity index is 3.03. The molecule has 0 unspecified atom stereocenters. The SMILES string of the molecule is C[C@@H](O)c1nc(Cl)sc1Cl. The Labute approximate surface area is 72.4 Å². The van der Waals surface area contributed by atoms with Gasteiger partial charge in [0, 0.05) is 0 Å². The Bertz CT molecular complexity index is 236. The molecule has 0 aliphatic rings. The smallest absolute Gasteiger partial charge is 0.185 e. The minimum atomic E-state index is -0.642. The molecule has 1 aromatic rings. The van der Waals surface area contributed by atoms with E-state index in [1.54, 1.807) is 6.92 Å². The molecule has 0 saturated heterocycles. The summed E-state index contributed by atoms with van der Waals surface area (Å²) in [5, 5.41) is 9.02. The van der Waals surface area contributed by atoms with E-state index >= 15 is 0 Å². The first-order chi connectivity index (χ1) is 4.61. The average Bonchev–Trinajstić information content (AvgIpc) is 2.10. The average molecular weight is 198 g/mol. The third-order valence-electron chi connectivity index (χ3n) is 0.979. The van der Waals surface area contributed by atoms with Crippen LogP contribution in [0.1, 0.15) is 18.7 Å². The molecule has 5 heteroatoms. The van der Waals surface area contributed by atoms with Gasteiger partial charge in [-0.05, 0) is 6.92 Å². The quantitative estimate of drug-likeness (QED) is 0.751. The molecule has 1 aromatic heterocycles. The lowest BCUT2D eigenvalue weighted by atomic mass is 10.3. The predicted molar refractivity (Wildman–Crippen MR) is 42.8 cm³/mol. The normalized spacial score (nSPS) is 13.6. The maximum Gasteiger partial charge on any atom is 0.185 e. The van der Waals surface area contributed by atoms with Crippen molar-refractivity contribution in [3.8, 4) is 0 Å². The van der Waals surface area contributed by atoms with Gasteiger partial charge in [0.15, 0.2) is 4.47 Å². The fourth-order valence-electron chi connectivity index (χ4n) is 0.545. The summed E-state index contributed by atoms with van der Waals surface area (Å²) in [5.74, 6) is 0. The number of hydrogen-bond acceptors (Lipinski definition) is 3. The molecule has 0 aromatic carbocycles. The van der Waals surface area contributed by atoms with Crippen LogP contribution in [0, 0.1) is 0 Å². The fraction of sp³-hybridized carbons (Fsp3) is 0.400. The van der Waals surface area contributed by atoms with Crippen LogP contribution in [0.2, 0.25) is 8.80 Å². The van der Waals surface area contributed by atoms with Gasteiger partial charge in [0.2, 0.25) is 0 Å². The number of nitrogens with zero attached hydrogens (tertiary/aromatic N) is 1. The highest BCUT2D eigenvalue weighted by molar-refractivity contribution is 7.19. The fourth-order valence-corrected chi connectivity index (χ4v) is 2.02. The van der Waals surface area contributed by atoms with Crippen molar-refractivity contribution in [1.82, 2.24) is 4.98 Å².